The number of nitrogens with zero attached hydrogens (tertiary/aromatic N) is 1. The van der Waals surface area contributed by atoms with E-state index in [1.54, 1.807) is 22.3 Å². The average Bonchev–Trinajstić information content (AvgIpc) is 2.92. The highest BCUT2D eigenvalue weighted by Gasteiger charge is 2.09. The van der Waals surface area contributed by atoms with Gasteiger partial charge in [0.15, 0.2) is 0 Å². The van der Waals surface area contributed by atoms with Crippen LogP contribution < -0.4 is 4.90 Å². The minimum Gasteiger partial charge on any atom is -0.309 e. The zero-order valence-electron chi connectivity index (χ0n) is 10.2. The van der Waals surface area contributed by atoms with Gasteiger partial charge in [0.1, 0.15) is 0 Å². The predicted octanol–water partition coefficient (Wildman–Crippen LogP) is 3.81. The van der Waals surface area contributed by atoms with Crippen molar-refractivity contribution in [2.45, 2.75) is 6.92 Å². The molecule has 0 spiro atoms. The summed E-state index contributed by atoms with van der Waals surface area (Å²) in [5.41, 5.74) is 0.931. The second-order valence-electron chi connectivity index (χ2n) is 3.77. The van der Waals surface area contributed by atoms with Crippen LogP contribution in [0, 0.1) is 0 Å². The summed E-state index contributed by atoms with van der Waals surface area (Å²) in [6, 6.07) is 13.7. The lowest BCUT2D eigenvalue weighted by molar-refractivity contribution is -0.114. The number of anilines is 1. The normalized spacial score (nSPS) is 10.7. The van der Waals surface area contributed by atoms with Gasteiger partial charge in [0, 0.05) is 23.2 Å². The van der Waals surface area contributed by atoms with Crippen molar-refractivity contribution in [3.8, 4) is 0 Å². The highest BCUT2D eigenvalue weighted by molar-refractivity contribution is 7.10. The number of carbonyl (C=O) groups excluding carboxylic acids is 1. The highest BCUT2D eigenvalue weighted by atomic mass is 32.1. The number of thiophene rings is 1. The first-order chi connectivity index (χ1) is 8.81. The minimum atomic E-state index is 0.0112. The third kappa shape index (κ3) is 3.08. The van der Waals surface area contributed by atoms with Crippen molar-refractivity contribution < 1.29 is 4.79 Å². The molecule has 0 unspecified atom stereocenters. The average molecular weight is 257 g/mol. The van der Waals surface area contributed by atoms with Crippen LogP contribution in [0.4, 0.5) is 5.69 Å². The maximum Gasteiger partial charge on any atom is 0.251 e. The zero-order valence-corrected chi connectivity index (χ0v) is 11.1. The molecule has 0 aliphatic carbocycles. The first-order valence-corrected chi connectivity index (χ1v) is 6.77. The van der Waals surface area contributed by atoms with E-state index in [1.807, 2.05) is 60.8 Å². The molecule has 2 aromatic rings. The van der Waals surface area contributed by atoms with Crippen LogP contribution in [0.3, 0.4) is 0 Å². The van der Waals surface area contributed by atoms with E-state index in [0.29, 0.717) is 6.54 Å². The Bertz CT molecular complexity index is 517. The number of hydrogen-bond donors (Lipinski definition) is 0. The summed E-state index contributed by atoms with van der Waals surface area (Å²) in [4.78, 5) is 15.0. The lowest BCUT2D eigenvalue weighted by Gasteiger charge is -2.18. The van der Waals surface area contributed by atoms with Crippen LogP contribution in [0.25, 0.3) is 6.08 Å². The molecule has 1 amide bonds. The smallest absolute Gasteiger partial charge is 0.251 e. The Balaban J connectivity index is 2.11. The molecule has 0 saturated carbocycles. The standard InChI is InChI=1S/C15H15NOS/c1-2-16(13-7-4-3-5-8-13)15(17)11-10-14-9-6-12-18-14/h3-12H,2H2,1H3/b11-10+. The van der Waals surface area contributed by atoms with Crippen LogP contribution in [0.15, 0.2) is 53.9 Å². The zero-order chi connectivity index (χ0) is 12.8. The van der Waals surface area contributed by atoms with Crippen LogP contribution in [0.2, 0.25) is 0 Å². The van der Waals surface area contributed by atoms with Crippen molar-refractivity contribution in [3.63, 3.8) is 0 Å². The molecule has 0 atom stereocenters. The summed E-state index contributed by atoms with van der Waals surface area (Å²) in [6.45, 7) is 2.64. The van der Waals surface area contributed by atoms with Crippen LogP contribution in [0.5, 0.6) is 0 Å². The summed E-state index contributed by atoms with van der Waals surface area (Å²) in [6.07, 6.45) is 3.49. The molecule has 0 radical (unpaired) electrons. The topological polar surface area (TPSA) is 20.3 Å². The molecule has 2 rings (SSSR count). The fraction of sp³-hybridized carbons (Fsp3) is 0.133. The summed E-state index contributed by atoms with van der Waals surface area (Å²) >= 11 is 1.62. The first kappa shape index (κ1) is 12.6. The molecular weight excluding hydrogens is 242 g/mol. The van der Waals surface area contributed by atoms with Gasteiger partial charge >= 0.3 is 0 Å². The molecule has 0 N–H and O–H groups in total. The van der Waals surface area contributed by atoms with Crippen molar-refractivity contribution in [2.24, 2.45) is 0 Å². The molecule has 1 heterocycles. The Hall–Kier alpha value is -1.87. The quantitative estimate of drug-likeness (QED) is 0.763. The van der Waals surface area contributed by atoms with Gasteiger partial charge in [-0.2, -0.15) is 0 Å². The lowest BCUT2D eigenvalue weighted by atomic mass is 10.2. The van der Waals surface area contributed by atoms with Crippen LogP contribution in [-0.4, -0.2) is 12.5 Å². The number of rotatable bonds is 4. The van der Waals surface area contributed by atoms with Gasteiger partial charge in [-0.05, 0) is 36.6 Å². The minimum absolute atomic E-state index is 0.0112. The van der Waals surface area contributed by atoms with Crippen molar-refractivity contribution in [1.82, 2.24) is 0 Å². The van der Waals surface area contributed by atoms with Crippen LogP contribution >= 0.6 is 11.3 Å². The van der Waals surface area contributed by atoms with E-state index in [1.165, 1.54) is 0 Å². The number of hydrogen-bond acceptors (Lipinski definition) is 2. The van der Waals surface area contributed by atoms with E-state index in [9.17, 15) is 4.79 Å². The molecule has 92 valence electrons. The van der Waals surface area contributed by atoms with Crippen molar-refractivity contribution in [1.29, 1.82) is 0 Å². The van der Waals surface area contributed by atoms with Gasteiger partial charge in [0.25, 0.3) is 5.91 Å². The van der Waals surface area contributed by atoms with Gasteiger partial charge in [0.2, 0.25) is 0 Å². The Labute approximate surface area is 111 Å². The van der Waals surface area contributed by atoms with E-state index >= 15 is 0 Å². The fourth-order valence-corrected chi connectivity index (χ4v) is 2.32. The van der Waals surface area contributed by atoms with Crippen LogP contribution in [-0.2, 0) is 4.79 Å². The number of carbonyl (C=O) groups is 1. The van der Waals surface area contributed by atoms with Gasteiger partial charge in [-0.1, -0.05) is 24.3 Å². The highest BCUT2D eigenvalue weighted by Crippen LogP contribution is 2.15. The summed E-state index contributed by atoms with van der Waals surface area (Å²) in [7, 11) is 0. The second-order valence-corrected chi connectivity index (χ2v) is 4.75. The first-order valence-electron chi connectivity index (χ1n) is 5.89. The Morgan fingerprint density at radius 1 is 1.22 bits per heavy atom. The largest absolute Gasteiger partial charge is 0.309 e. The van der Waals surface area contributed by atoms with Gasteiger partial charge in [-0.15, -0.1) is 11.3 Å². The van der Waals surface area contributed by atoms with Gasteiger partial charge < -0.3 is 4.90 Å². The SMILES string of the molecule is CCN(C(=O)/C=C/c1cccs1)c1ccccc1. The number of amides is 1. The molecule has 0 saturated heterocycles. The molecule has 0 aliphatic rings. The lowest BCUT2D eigenvalue weighted by Crippen LogP contribution is -2.28. The van der Waals surface area contributed by atoms with Gasteiger partial charge in [-0.3, -0.25) is 4.79 Å². The van der Waals surface area contributed by atoms with Crippen molar-refractivity contribution in [2.75, 3.05) is 11.4 Å². The molecule has 1 aromatic heterocycles. The molecule has 3 heteroatoms. The summed E-state index contributed by atoms with van der Waals surface area (Å²) < 4.78 is 0. The molecule has 18 heavy (non-hydrogen) atoms. The maximum absolute atomic E-state index is 12.1. The number of benzene rings is 1. The van der Waals surface area contributed by atoms with E-state index in [2.05, 4.69) is 0 Å². The Morgan fingerprint density at radius 3 is 2.61 bits per heavy atom. The van der Waals surface area contributed by atoms with E-state index < -0.39 is 0 Å². The van der Waals surface area contributed by atoms with Gasteiger partial charge in [-0.25, -0.2) is 0 Å². The molecule has 0 bridgehead atoms. The molecule has 0 aliphatic heterocycles. The number of para-hydroxylation sites is 1. The molecule has 1 aromatic carbocycles. The van der Waals surface area contributed by atoms with Gasteiger partial charge in [0.05, 0.1) is 0 Å². The monoisotopic (exact) mass is 257 g/mol. The third-order valence-corrected chi connectivity index (χ3v) is 3.42. The third-order valence-electron chi connectivity index (χ3n) is 2.58. The molecule has 0 fully saturated rings. The Kier molecular flexibility index (Phi) is 4.31. The maximum atomic E-state index is 12.1. The molecule has 2 nitrogen and oxygen atoms in total. The van der Waals surface area contributed by atoms with Crippen molar-refractivity contribution >= 4 is 29.0 Å². The summed E-state index contributed by atoms with van der Waals surface area (Å²) in [5, 5.41) is 2.00. The van der Waals surface area contributed by atoms with E-state index in [-0.39, 0.29) is 5.91 Å². The fourth-order valence-electron chi connectivity index (χ4n) is 1.70. The van der Waals surface area contributed by atoms with E-state index in [4.69, 9.17) is 0 Å². The van der Waals surface area contributed by atoms with Crippen molar-refractivity contribution in [3.05, 3.63) is 58.8 Å². The number of likely N-dealkylation sites (N-methyl/N-ethyl adjacent to an activating group) is 1. The van der Waals surface area contributed by atoms with Crippen LogP contribution in [0.1, 0.15) is 11.8 Å². The Morgan fingerprint density at radius 2 is 2.00 bits per heavy atom. The summed E-state index contributed by atoms with van der Waals surface area (Å²) in [5.74, 6) is 0.0112. The predicted molar refractivity (Wildman–Crippen MR) is 77.8 cm³/mol. The van der Waals surface area contributed by atoms with E-state index in [0.717, 1.165) is 10.6 Å². The molecular formula is C15H15NOS. The second kappa shape index (κ2) is 6.17.